The van der Waals surface area contributed by atoms with Crippen molar-refractivity contribution < 1.29 is 18.3 Å². The van der Waals surface area contributed by atoms with Crippen molar-refractivity contribution in [3.63, 3.8) is 0 Å². The first-order valence-corrected chi connectivity index (χ1v) is 5.36. The molecule has 8 heteroatoms. The summed E-state index contributed by atoms with van der Waals surface area (Å²) in [4.78, 5) is 11.5. The van der Waals surface area contributed by atoms with Crippen LogP contribution in [0.15, 0.2) is 0 Å². The quantitative estimate of drug-likeness (QED) is 0.747. The number of anilines is 2. The van der Waals surface area contributed by atoms with Gasteiger partial charge in [-0.3, -0.25) is 9.48 Å². The number of hydrogen-bond acceptors (Lipinski definition) is 4. The fraction of sp³-hybridized carbons (Fsp3) is 0.600. The maximum atomic E-state index is 11.8. The van der Waals surface area contributed by atoms with Gasteiger partial charge in [0.25, 0.3) is 6.43 Å². The van der Waals surface area contributed by atoms with E-state index in [0.717, 1.165) is 0 Å². The first-order chi connectivity index (χ1) is 8.41. The number of nitrogens with one attached hydrogen (secondary N) is 1. The largest absolute Gasteiger partial charge is 0.394 e. The molecule has 0 aromatic carbocycles. The molecule has 0 spiro atoms. The summed E-state index contributed by atoms with van der Waals surface area (Å²) in [5, 5.41) is 6.59. The van der Waals surface area contributed by atoms with Crippen LogP contribution in [-0.4, -0.2) is 35.3 Å². The van der Waals surface area contributed by atoms with Crippen LogP contribution in [0.1, 0.15) is 12.1 Å². The highest BCUT2D eigenvalue weighted by atomic mass is 19.3. The second-order valence-corrected chi connectivity index (χ2v) is 3.74. The minimum atomic E-state index is -2.52. The Morgan fingerprint density at radius 3 is 2.78 bits per heavy atom. The molecule has 0 unspecified atom stereocenters. The van der Waals surface area contributed by atoms with Gasteiger partial charge in [-0.25, -0.2) is 8.78 Å². The maximum absolute atomic E-state index is 11.8. The monoisotopic (exact) mass is 262 g/mol. The van der Waals surface area contributed by atoms with Gasteiger partial charge in [-0.2, -0.15) is 5.10 Å². The molecule has 1 aromatic rings. The van der Waals surface area contributed by atoms with Crippen molar-refractivity contribution in [2.24, 2.45) is 7.05 Å². The van der Waals surface area contributed by atoms with E-state index in [1.165, 1.54) is 4.68 Å². The van der Waals surface area contributed by atoms with Crippen molar-refractivity contribution >= 4 is 17.4 Å². The minimum absolute atomic E-state index is 0.0175. The summed E-state index contributed by atoms with van der Waals surface area (Å²) in [6, 6.07) is 0. The van der Waals surface area contributed by atoms with Gasteiger partial charge < -0.3 is 15.8 Å². The van der Waals surface area contributed by atoms with E-state index in [-0.39, 0.29) is 18.9 Å². The normalized spacial score (nSPS) is 10.9. The van der Waals surface area contributed by atoms with Crippen molar-refractivity contribution in [1.29, 1.82) is 0 Å². The molecule has 0 bridgehead atoms. The van der Waals surface area contributed by atoms with E-state index in [1.54, 1.807) is 14.0 Å². The fourth-order valence-corrected chi connectivity index (χ4v) is 1.35. The van der Waals surface area contributed by atoms with Crippen LogP contribution in [0.2, 0.25) is 0 Å². The molecule has 0 saturated heterocycles. The Labute approximate surface area is 103 Å². The van der Waals surface area contributed by atoms with E-state index in [2.05, 4.69) is 15.2 Å². The predicted octanol–water partition coefficient (Wildman–Crippen LogP) is 0.921. The average Bonchev–Trinajstić information content (AvgIpc) is 2.51. The highest BCUT2D eigenvalue weighted by Crippen LogP contribution is 2.20. The number of carbonyl (C=O) groups is 1. The van der Waals surface area contributed by atoms with Gasteiger partial charge in [-0.1, -0.05) is 0 Å². The molecule has 0 radical (unpaired) electrons. The lowest BCUT2D eigenvalue weighted by Gasteiger charge is -2.07. The summed E-state index contributed by atoms with van der Waals surface area (Å²) in [5.41, 5.74) is 6.72. The third-order valence-corrected chi connectivity index (χ3v) is 2.24. The molecule has 6 nitrogen and oxygen atoms in total. The molecule has 1 amide bonds. The Morgan fingerprint density at radius 2 is 2.28 bits per heavy atom. The lowest BCUT2D eigenvalue weighted by atomic mass is 10.3. The van der Waals surface area contributed by atoms with E-state index < -0.39 is 13.0 Å². The average molecular weight is 262 g/mol. The molecule has 3 N–H and O–H groups in total. The molecule has 0 aliphatic rings. The van der Waals surface area contributed by atoms with Crippen molar-refractivity contribution in [2.75, 3.05) is 24.3 Å². The zero-order valence-corrected chi connectivity index (χ0v) is 10.2. The number of aromatic nitrogens is 2. The van der Waals surface area contributed by atoms with Crippen LogP contribution >= 0.6 is 0 Å². The SMILES string of the molecule is Cc1nn(C)c(NC(=O)CCOCC(F)F)c1N. The first kappa shape index (κ1) is 14.4. The molecule has 0 atom stereocenters. The Bertz CT molecular complexity index is 420. The number of halogens is 2. The standard InChI is InChI=1S/C10H16F2N4O2/c1-6-9(13)10(16(2)15-6)14-8(17)3-4-18-5-7(11)12/h7H,3-5,13H2,1-2H3,(H,14,17). The fourth-order valence-electron chi connectivity index (χ4n) is 1.35. The van der Waals surface area contributed by atoms with Gasteiger partial charge >= 0.3 is 0 Å². The molecular formula is C10H16F2N4O2. The van der Waals surface area contributed by atoms with Crippen molar-refractivity contribution in [3.05, 3.63) is 5.69 Å². The van der Waals surface area contributed by atoms with E-state index >= 15 is 0 Å². The van der Waals surface area contributed by atoms with Gasteiger partial charge in [0.05, 0.1) is 24.4 Å². The molecular weight excluding hydrogens is 246 g/mol. The molecule has 18 heavy (non-hydrogen) atoms. The summed E-state index contributed by atoms with van der Waals surface area (Å²) in [6.07, 6.45) is -2.54. The number of alkyl halides is 2. The maximum Gasteiger partial charge on any atom is 0.261 e. The van der Waals surface area contributed by atoms with E-state index in [1.807, 2.05) is 0 Å². The second-order valence-electron chi connectivity index (χ2n) is 3.74. The van der Waals surface area contributed by atoms with Gasteiger partial charge in [-0.15, -0.1) is 0 Å². The third kappa shape index (κ3) is 3.95. The van der Waals surface area contributed by atoms with Crippen LogP contribution in [0.3, 0.4) is 0 Å². The smallest absolute Gasteiger partial charge is 0.261 e. The van der Waals surface area contributed by atoms with Crippen LogP contribution in [0.25, 0.3) is 0 Å². The van der Waals surface area contributed by atoms with Crippen LogP contribution in [-0.2, 0) is 16.6 Å². The lowest BCUT2D eigenvalue weighted by molar-refractivity contribution is -0.117. The van der Waals surface area contributed by atoms with E-state index in [0.29, 0.717) is 17.2 Å². The van der Waals surface area contributed by atoms with Gasteiger partial charge in [0, 0.05) is 7.05 Å². The summed E-state index contributed by atoms with van der Waals surface area (Å²) in [5.74, 6) is 0.0327. The van der Waals surface area contributed by atoms with Crippen LogP contribution < -0.4 is 11.1 Å². The first-order valence-electron chi connectivity index (χ1n) is 5.36. The van der Waals surface area contributed by atoms with Crippen LogP contribution in [0, 0.1) is 6.92 Å². The number of hydrogen-bond donors (Lipinski definition) is 2. The lowest BCUT2D eigenvalue weighted by Crippen LogP contribution is -2.18. The van der Waals surface area contributed by atoms with E-state index in [9.17, 15) is 13.6 Å². The number of carbonyl (C=O) groups excluding carboxylic acids is 1. The zero-order valence-electron chi connectivity index (χ0n) is 10.2. The molecule has 102 valence electrons. The zero-order chi connectivity index (χ0) is 13.7. The van der Waals surface area contributed by atoms with E-state index in [4.69, 9.17) is 5.73 Å². The minimum Gasteiger partial charge on any atom is -0.394 e. The van der Waals surface area contributed by atoms with Crippen molar-refractivity contribution in [1.82, 2.24) is 9.78 Å². The van der Waals surface area contributed by atoms with Gasteiger partial charge in [0.1, 0.15) is 6.61 Å². The number of aryl methyl sites for hydroxylation is 2. The second kappa shape index (κ2) is 6.29. The number of nitrogen functional groups attached to an aromatic ring is 1. The molecule has 1 aromatic heterocycles. The summed E-state index contributed by atoms with van der Waals surface area (Å²) in [6.45, 7) is 0.990. The number of nitrogens with two attached hydrogens (primary N) is 1. The molecule has 1 heterocycles. The summed E-state index contributed by atoms with van der Waals surface area (Å²) in [7, 11) is 1.65. The Kier molecular flexibility index (Phi) is 5.02. The highest BCUT2D eigenvalue weighted by Gasteiger charge is 2.13. The highest BCUT2D eigenvalue weighted by molar-refractivity contribution is 5.93. The molecule has 0 fully saturated rings. The van der Waals surface area contributed by atoms with Gasteiger partial charge in [0.15, 0.2) is 5.82 Å². The predicted molar refractivity (Wildman–Crippen MR) is 62.4 cm³/mol. The third-order valence-electron chi connectivity index (χ3n) is 2.24. The number of nitrogens with zero attached hydrogens (tertiary/aromatic N) is 2. The van der Waals surface area contributed by atoms with Crippen molar-refractivity contribution in [2.45, 2.75) is 19.8 Å². The molecule has 0 saturated carbocycles. The number of ether oxygens (including phenoxy) is 1. The molecule has 1 rings (SSSR count). The molecule has 0 aliphatic heterocycles. The van der Waals surface area contributed by atoms with Gasteiger partial charge in [0.2, 0.25) is 5.91 Å². The van der Waals surface area contributed by atoms with Crippen LogP contribution in [0.4, 0.5) is 20.3 Å². The molecule has 0 aliphatic carbocycles. The Balaban J connectivity index is 2.40. The number of rotatable bonds is 6. The van der Waals surface area contributed by atoms with Crippen molar-refractivity contribution in [3.8, 4) is 0 Å². The number of amides is 1. The Morgan fingerprint density at radius 1 is 1.61 bits per heavy atom. The van der Waals surface area contributed by atoms with Gasteiger partial charge in [-0.05, 0) is 6.92 Å². The Hall–Kier alpha value is -1.70. The summed E-state index contributed by atoms with van der Waals surface area (Å²) >= 11 is 0. The topological polar surface area (TPSA) is 82.2 Å². The summed E-state index contributed by atoms with van der Waals surface area (Å²) < 4.78 is 29.6. The van der Waals surface area contributed by atoms with Crippen LogP contribution in [0.5, 0.6) is 0 Å².